The highest BCUT2D eigenvalue weighted by Crippen LogP contribution is 2.38. The van der Waals surface area contributed by atoms with Gasteiger partial charge in [0.05, 0.1) is 0 Å². The van der Waals surface area contributed by atoms with Gasteiger partial charge in [-0.1, -0.05) is 30.3 Å². The molecule has 1 aromatic rings. The average molecular weight is 297 g/mol. The van der Waals surface area contributed by atoms with Crippen molar-refractivity contribution in [3.63, 3.8) is 0 Å². The lowest BCUT2D eigenvalue weighted by Gasteiger charge is -2.28. The van der Waals surface area contributed by atoms with Gasteiger partial charge in [-0.15, -0.1) is 11.8 Å². The van der Waals surface area contributed by atoms with E-state index in [1.165, 1.54) is 0 Å². The molecule has 0 saturated carbocycles. The van der Waals surface area contributed by atoms with Gasteiger partial charge >= 0.3 is 6.09 Å². The van der Waals surface area contributed by atoms with E-state index < -0.39 is 5.60 Å². The fraction of sp³-hybridized carbons (Fsp3) is 0.533. The highest BCUT2D eigenvalue weighted by Gasteiger charge is 2.33. The van der Waals surface area contributed by atoms with E-state index >= 15 is 0 Å². The first-order valence-electron chi connectivity index (χ1n) is 6.58. The molecule has 1 saturated heterocycles. The molecule has 1 amide bonds. The zero-order valence-electron chi connectivity index (χ0n) is 12.5. The number of ether oxygens (including phenoxy) is 1. The summed E-state index contributed by atoms with van der Waals surface area (Å²) < 4.78 is 5.45. The number of nitrogens with zero attached hydrogens (tertiary/aromatic N) is 1. The monoisotopic (exact) mass is 297 g/mol. The minimum atomic E-state index is -0.439. The van der Waals surface area contributed by atoms with Crippen molar-refractivity contribution >= 4 is 17.9 Å². The maximum Gasteiger partial charge on any atom is 0.411 e. The Morgan fingerprint density at radius 2 is 1.90 bits per heavy atom. The molecule has 4 nitrogen and oxygen atoms in total. The predicted octanol–water partition coefficient (Wildman–Crippen LogP) is 3.28. The van der Waals surface area contributed by atoms with Gasteiger partial charge in [0, 0.05) is 19.4 Å². The van der Waals surface area contributed by atoms with Crippen molar-refractivity contribution in [2.45, 2.75) is 31.7 Å². The molecule has 112 valence electrons. The van der Waals surface area contributed by atoms with Crippen molar-refractivity contribution in [1.29, 1.82) is 0 Å². The summed E-state index contributed by atoms with van der Waals surface area (Å²) in [6.45, 7) is 6.43. The number of carbonyl (C=O) groups excluding carboxylic acids is 1. The van der Waals surface area contributed by atoms with Gasteiger partial charge < -0.3 is 9.84 Å². The van der Waals surface area contributed by atoms with Gasteiger partial charge in [-0.05, 0) is 26.3 Å². The molecule has 0 aromatic heterocycles. The van der Waals surface area contributed by atoms with Gasteiger partial charge in [-0.3, -0.25) is 4.90 Å². The summed E-state index contributed by atoms with van der Waals surface area (Å²) in [5.41, 5.74) is 0.719. The molecule has 2 rings (SSSR count). The predicted molar refractivity (Wildman–Crippen MR) is 82.7 cm³/mol. The van der Waals surface area contributed by atoms with Crippen molar-refractivity contribution in [3.8, 4) is 0 Å². The van der Waals surface area contributed by atoms with Gasteiger partial charge in [-0.25, -0.2) is 4.79 Å². The fourth-order valence-electron chi connectivity index (χ4n) is 1.87. The summed E-state index contributed by atoms with van der Waals surface area (Å²) in [5.74, 6) is 0.957. The van der Waals surface area contributed by atoms with Gasteiger partial charge in [0.25, 0.3) is 0 Å². The van der Waals surface area contributed by atoms with Crippen molar-refractivity contribution in [3.05, 3.63) is 35.9 Å². The van der Waals surface area contributed by atoms with Gasteiger partial charge in [0.1, 0.15) is 11.0 Å². The zero-order chi connectivity index (χ0) is 15.2. The van der Waals surface area contributed by atoms with Crippen LogP contribution in [0.3, 0.4) is 0 Å². The van der Waals surface area contributed by atoms with Crippen LogP contribution in [0.2, 0.25) is 0 Å². The normalized spacial score (nSPS) is 18.2. The summed E-state index contributed by atoms with van der Waals surface area (Å²) >= 11 is 1.78. The molecular weight excluding hydrogens is 274 g/mol. The average Bonchev–Trinajstić information content (AvgIpc) is 2.89. The van der Waals surface area contributed by atoms with E-state index in [1.807, 2.05) is 43.9 Å². The number of hydrogen-bond acceptors (Lipinski definition) is 4. The number of aliphatic hydroxyl groups excluding tert-OH is 1. The minimum Gasteiger partial charge on any atom is -0.444 e. The van der Waals surface area contributed by atoms with E-state index in [2.05, 4.69) is 12.1 Å². The molecule has 1 heterocycles. The van der Waals surface area contributed by atoms with E-state index in [0.29, 0.717) is 0 Å². The van der Waals surface area contributed by atoms with Crippen molar-refractivity contribution in [1.82, 2.24) is 4.90 Å². The van der Waals surface area contributed by atoms with E-state index in [1.54, 1.807) is 11.8 Å². The zero-order valence-corrected chi connectivity index (χ0v) is 13.3. The van der Waals surface area contributed by atoms with E-state index in [-0.39, 0.29) is 11.5 Å². The van der Waals surface area contributed by atoms with Crippen LogP contribution in [0.1, 0.15) is 31.7 Å². The lowest BCUT2D eigenvalue weighted by Crippen LogP contribution is -2.36. The highest BCUT2D eigenvalue weighted by molar-refractivity contribution is 7.99. The lowest BCUT2D eigenvalue weighted by atomic mass is 10.2. The van der Waals surface area contributed by atoms with Crippen molar-refractivity contribution in [2.75, 3.05) is 19.4 Å². The first-order chi connectivity index (χ1) is 9.47. The van der Waals surface area contributed by atoms with Gasteiger partial charge in [-0.2, -0.15) is 0 Å². The minimum absolute atomic E-state index is 0.0843. The Morgan fingerprint density at radius 3 is 2.45 bits per heavy atom. The topological polar surface area (TPSA) is 49.8 Å². The van der Waals surface area contributed by atoms with Crippen LogP contribution in [0.5, 0.6) is 0 Å². The lowest BCUT2D eigenvalue weighted by molar-refractivity contribution is 0.0254. The molecule has 0 unspecified atom stereocenters. The number of rotatable bonds is 1. The molecular formula is C15H23NO3S. The number of aliphatic hydroxyl groups is 1. The Morgan fingerprint density at radius 1 is 1.30 bits per heavy atom. The first kappa shape index (κ1) is 16.9. The summed E-state index contributed by atoms with van der Waals surface area (Å²) in [6, 6.07) is 10.1. The number of amides is 1. The van der Waals surface area contributed by atoms with Crippen LogP contribution in [0.4, 0.5) is 4.79 Å². The highest BCUT2D eigenvalue weighted by atomic mass is 32.2. The Labute approximate surface area is 125 Å². The summed E-state index contributed by atoms with van der Waals surface area (Å²) in [6.07, 6.45) is -0.221. The van der Waals surface area contributed by atoms with Crippen LogP contribution in [-0.2, 0) is 4.74 Å². The van der Waals surface area contributed by atoms with Crippen LogP contribution in [0.15, 0.2) is 30.3 Å². The Bertz CT molecular complexity index is 417. The van der Waals surface area contributed by atoms with Gasteiger partial charge in [0.2, 0.25) is 0 Å². The molecule has 20 heavy (non-hydrogen) atoms. The molecule has 1 aliphatic heterocycles. The second-order valence-electron chi connectivity index (χ2n) is 5.31. The second-order valence-corrected chi connectivity index (χ2v) is 6.50. The quantitative estimate of drug-likeness (QED) is 0.864. The summed E-state index contributed by atoms with van der Waals surface area (Å²) in [5, 5.41) is 7.08. The van der Waals surface area contributed by atoms with E-state index in [4.69, 9.17) is 9.84 Å². The number of carbonyl (C=O) groups is 1. The molecule has 1 atom stereocenters. The molecule has 1 fully saturated rings. The second kappa shape index (κ2) is 7.55. The molecule has 1 aliphatic rings. The Balaban J connectivity index is 0.000000956. The summed E-state index contributed by atoms with van der Waals surface area (Å²) in [4.78, 5) is 13.9. The van der Waals surface area contributed by atoms with Crippen molar-refractivity contribution in [2.24, 2.45) is 0 Å². The Kier molecular flexibility index (Phi) is 6.36. The fourth-order valence-corrected chi connectivity index (χ4v) is 3.12. The van der Waals surface area contributed by atoms with Crippen molar-refractivity contribution < 1.29 is 14.6 Å². The SMILES string of the molecule is CC(C)(C)OC(=O)N1CCS[C@@H]1c1ccccc1.CO. The van der Waals surface area contributed by atoms with Crippen LogP contribution < -0.4 is 0 Å². The molecule has 0 radical (unpaired) electrons. The molecule has 1 aromatic carbocycles. The molecule has 0 aliphatic carbocycles. The number of thioether (sulfide) groups is 1. The maximum absolute atomic E-state index is 12.1. The van der Waals surface area contributed by atoms with Gasteiger partial charge in [0.15, 0.2) is 0 Å². The largest absolute Gasteiger partial charge is 0.444 e. The molecule has 0 bridgehead atoms. The molecule has 5 heteroatoms. The third-order valence-corrected chi connectivity index (χ3v) is 3.86. The Hall–Kier alpha value is -1.20. The standard InChI is InChI=1S/C14H19NO2S.CH4O/c1-14(2,3)17-13(16)15-9-10-18-12(15)11-7-5-4-6-8-11;1-2/h4-8,12H,9-10H2,1-3H3;2H,1H3/t12-;/m1./s1. The first-order valence-corrected chi connectivity index (χ1v) is 7.63. The van der Waals surface area contributed by atoms with Crippen LogP contribution in [0, 0.1) is 0 Å². The number of benzene rings is 1. The van der Waals surface area contributed by atoms with E-state index in [0.717, 1.165) is 25.0 Å². The van der Waals surface area contributed by atoms with Crippen LogP contribution >= 0.6 is 11.8 Å². The smallest absolute Gasteiger partial charge is 0.411 e. The van der Waals surface area contributed by atoms with E-state index in [9.17, 15) is 4.79 Å². The molecule has 1 N–H and O–H groups in total. The van der Waals surface area contributed by atoms with Crippen LogP contribution in [0.25, 0.3) is 0 Å². The maximum atomic E-state index is 12.1. The molecule has 0 spiro atoms. The number of hydrogen-bond donors (Lipinski definition) is 1. The third kappa shape index (κ3) is 4.72. The summed E-state index contributed by atoms with van der Waals surface area (Å²) in [7, 11) is 1.00. The third-order valence-electron chi connectivity index (χ3n) is 2.60. The van der Waals surface area contributed by atoms with Crippen LogP contribution in [-0.4, -0.2) is 41.1 Å².